The van der Waals surface area contributed by atoms with E-state index < -0.39 is 15.3 Å². The molecular weight excluding hydrogens is 977 g/mol. The second kappa shape index (κ2) is 16.8. The Morgan fingerprint density at radius 3 is 1.55 bits per heavy atom. The standard InChI is InChI=1S/C69H50N6O2S/c1-68(2)52-27-15-18-30-58(52)74(59-31-19-16-28-53(59)68)48-34-39-62-55(42-48)69(3,4)54-41-46(33-38-61(54)78(62,76)77)45-32-36-57-51(40-45)49-35-37-60-63(50-26-14-17-29-56(50)73(60)47-24-12-7-13-25-47)64(49)75(57)67-71-65(43-20-8-5-9-21-43)70-66(72-67)44-22-10-6-11-23-44/h5-42H,1-4H3. The van der Waals surface area contributed by atoms with E-state index in [1.54, 1.807) is 0 Å². The predicted molar refractivity (Wildman–Crippen MR) is 316 cm³/mol. The first-order valence-electron chi connectivity index (χ1n) is 26.4. The van der Waals surface area contributed by atoms with Crippen molar-refractivity contribution in [3.05, 3.63) is 253 Å². The lowest BCUT2D eigenvalue weighted by atomic mass is 9.73. The van der Waals surface area contributed by atoms with Crippen LogP contribution in [0.5, 0.6) is 0 Å². The fourth-order valence-electron chi connectivity index (χ4n) is 12.7. The van der Waals surface area contributed by atoms with Gasteiger partial charge in [0.2, 0.25) is 15.8 Å². The first-order valence-corrected chi connectivity index (χ1v) is 27.9. The van der Waals surface area contributed by atoms with Gasteiger partial charge in [0.25, 0.3) is 0 Å². The Morgan fingerprint density at radius 2 is 0.885 bits per heavy atom. The third-order valence-electron chi connectivity index (χ3n) is 16.6. The van der Waals surface area contributed by atoms with Crippen LogP contribution < -0.4 is 4.90 Å². The molecule has 3 aromatic heterocycles. The Kier molecular flexibility index (Phi) is 9.88. The fraction of sp³-hybridized carbons (Fsp3) is 0.0870. The maximum absolute atomic E-state index is 14.9. The quantitative estimate of drug-likeness (QED) is 0.165. The maximum Gasteiger partial charge on any atom is 0.238 e. The highest BCUT2D eigenvalue weighted by molar-refractivity contribution is 7.91. The Balaban J connectivity index is 0.940. The van der Waals surface area contributed by atoms with Crippen molar-refractivity contribution in [1.82, 2.24) is 24.1 Å². The zero-order valence-corrected chi connectivity index (χ0v) is 44.2. The summed E-state index contributed by atoms with van der Waals surface area (Å²) in [6.07, 6.45) is 0. The molecule has 0 saturated heterocycles. The van der Waals surface area contributed by atoms with Gasteiger partial charge in [-0.3, -0.25) is 4.57 Å². The molecule has 0 N–H and O–H groups in total. The van der Waals surface area contributed by atoms with Crippen molar-refractivity contribution in [3.63, 3.8) is 0 Å². The summed E-state index contributed by atoms with van der Waals surface area (Å²) in [6, 6.07) is 79.2. The van der Waals surface area contributed by atoms with Crippen molar-refractivity contribution in [1.29, 1.82) is 0 Å². The van der Waals surface area contributed by atoms with Gasteiger partial charge in [-0.2, -0.15) is 9.97 Å². The van der Waals surface area contributed by atoms with E-state index in [0.29, 0.717) is 27.4 Å². The van der Waals surface area contributed by atoms with E-state index in [2.05, 4.69) is 181 Å². The largest absolute Gasteiger partial charge is 0.310 e. The SMILES string of the molecule is CC1(C)c2ccccc2N(c2ccc3c(c2)C(C)(C)c2cc(-c4ccc5c(c4)c4ccc6c(c7ccccc7n6-c6ccccc6)c4n5-c4nc(-c5ccccc5)nc(-c5ccccc5)n4)ccc2S3(=O)=O)c2ccccc21. The average Bonchev–Trinajstić information content (AvgIpc) is 3.29. The second-order valence-electron chi connectivity index (χ2n) is 21.6. The number of sulfone groups is 1. The lowest BCUT2D eigenvalue weighted by Gasteiger charge is -2.42. The Hall–Kier alpha value is -9.44. The molecule has 0 radical (unpaired) electrons. The zero-order chi connectivity index (χ0) is 52.7. The summed E-state index contributed by atoms with van der Waals surface area (Å²) in [5, 5.41) is 4.22. The third kappa shape index (κ3) is 6.64. The number of fused-ring (bicyclic) bond motifs is 11. The van der Waals surface area contributed by atoms with E-state index in [9.17, 15) is 8.42 Å². The van der Waals surface area contributed by atoms with E-state index in [0.717, 1.165) is 99.7 Å². The van der Waals surface area contributed by atoms with Gasteiger partial charge >= 0.3 is 0 Å². The lowest BCUT2D eigenvalue weighted by Crippen LogP contribution is -2.32. The molecular formula is C69H50N6O2S. The second-order valence-corrected chi connectivity index (χ2v) is 23.5. The van der Waals surface area contributed by atoms with Crippen molar-refractivity contribution in [2.24, 2.45) is 0 Å². The number of nitrogens with zero attached hydrogens (tertiary/aromatic N) is 6. The summed E-state index contributed by atoms with van der Waals surface area (Å²) in [5.74, 6) is 1.64. The molecule has 2 aliphatic heterocycles. The number of benzene rings is 10. The molecule has 0 bridgehead atoms. The third-order valence-corrected chi connectivity index (χ3v) is 18.4. The van der Waals surface area contributed by atoms with E-state index in [1.165, 1.54) is 11.1 Å². The minimum Gasteiger partial charge on any atom is -0.310 e. The highest BCUT2D eigenvalue weighted by Crippen LogP contribution is 2.54. The Morgan fingerprint density at radius 1 is 0.372 bits per heavy atom. The summed E-state index contributed by atoms with van der Waals surface area (Å²) in [7, 11) is -3.90. The summed E-state index contributed by atoms with van der Waals surface area (Å²) in [6.45, 7) is 8.87. The van der Waals surface area contributed by atoms with Crippen molar-refractivity contribution in [2.45, 2.75) is 48.3 Å². The van der Waals surface area contributed by atoms with Crippen LogP contribution in [0.4, 0.5) is 17.1 Å². The van der Waals surface area contributed by atoms with Crippen molar-refractivity contribution >= 4 is 70.5 Å². The molecule has 10 aromatic carbocycles. The molecule has 13 aromatic rings. The molecule has 0 saturated carbocycles. The van der Waals surface area contributed by atoms with Gasteiger partial charge in [-0.25, -0.2) is 13.4 Å². The van der Waals surface area contributed by atoms with Crippen LogP contribution in [0.2, 0.25) is 0 Å². The minimum absolute atomic E-state index is 0.229. The van der Waals surface area contributed by atoms with E-state index >= 15 is 0 Å². The molecule has 78 heavy (non-hydrogen) atoms. The summed E-state index contributed by atoms with van der Waals surface area (Å²) in [4.78, 5) is 18.7. The van der Waals surface area contributed by atoms with Gasteiger partial charge < -0.3 is 9.47 Å². The Labute approximate surface area is 452 Å². The smallest absolute Gasteiger partial charge is 0.238 e. The summed E-state index contributed by atoms with van der Waals surface area (Å²) >= 11 is 0. The number of aromatic nitrogens is 5. The number of anilines is 3. The van der Waals surface area contributed by atoms with Crippen LogP contribution in [0.3, 0.4) is 0 Å². The molecule has 0 unspecified atom stereocenters. The van der Waals surface area contributed by atoms with E-state index in [-0.39, 0.29) is 5.41 Å². The van der Waals surface area contributed by atoms with E-state index in [1.807, 2.05) is 91.0 Å². The molecule has 15 rings (SSSR count). The summed E-state index contributed by atoms with van der Waals surface area (Å²) in [5.41, 5.74) is 14.9. The molecule has 0 fully saturated rings. The highest BCUT2D eigenvalue weighted by Gasteiger charge is 2.43. The van der Waals surface area contributed by atoms with Crippen LogP contribution in [0, 0.1) is 0 Å². The van der Waals surface area contributed by atoms with E-state index in [4.69, 9.17) is 15.0 Å². The van der Waals surface area contributed by atoms with Gasteiger partial charge in [-0.15, -0.1) is 0 Å². The minimum atomic E-state index is -3.90. The number of hydrogen-bond acceptors (Lipinski definition) is 6. The first kappa shape index (κ1) is 45.9. The van der Waals surface area contributed by atoms with Gasteiger partial charge in [0.1, 0.15) is 0 Å². The van der Waals surface area contributed by atoms with Crippen molar-refractivity contribution in [3.8, 4) is 45.5 Å². The molecule has 0 spiro atoms. The molecule has 8 nitrogen and oxygen atoms in total. The molecule has 0 atom stereocenters. The highest BCUT2D eigenvalue weighted by atomic mass is 32.2. The van der Waals surface area contributed by atoms with Gasteiger partial charge in [0, 0.05) is 54.9 Å². The number of hydrogen-bond donors (Lipinski definition) is 0. The van der Waals surface area contributed by atoms with Crippen LogP contribution in [0.1, 0.15) is 49.9 Å². The van der Waals surface area contributed by atoms with Crippen molar-refractivity contribution < 1.29 is 8.42 Å². The maximum atomic E-state index is 14.9. The Bertz CT molecular complexity index is 4650. The van der Waals surface area contributed by atoms with Crippen LogP contribution in [-0.4, -0.2) is 32.5 Å². The predicted octanol–water partition coefficient (Wildman–Crippen LogP) is 16.6. The van der Waals surface area contributed by atoms with Crippen molar-refractivity contribution in [2.75, 3.05) is 4.90 Å². The van der Waals surface area contributed by atoms with Crippen LogP contribution in [-0.2, 0) is 20.7 Å². The molecule has 9 heteroatoms. The normalized spacial score (nSPS) is 14.8. The fourth-order valence-corrected chi connectivity index (χ4v) is 14.7. The molecule has 0 aliphatic carbocycles. The van der Waals surface area contributed by atoms with Gasteiger partial charge in [-0.1, -0.05) is 179 Å². The van der Waals surface area contributed by atoms with Gasteiger partial charge in [0.05, 0.1) is 43.2 Å². The zero-order valence-electron chi connectivity index (χ0n) is 43.3. The number of para-hydroxylation sites is 4. The first-order chi connectivity index (χ1) is 38.0. The van der Waals surface area contributed by atoms with Crippen LogP contribution >= 0.6 is 0 Å². The molecule has 0 amide bonds. The molecule has 374 valence electrons. The van der Waals surface area contributed by atoms with Crippen LogP contribution in [0.25, 0.3) is 89.2 Å². The summed E-state index contributed by atoms with van der Waals surface area (Å²) < 4.78 is 34.4. The van der Waals surface area contributed by atoms with Crippen LogP contribution in [0.15, 0.2) is 240 Å². The molecule has 2 aliphatic rings. The van der Waals surface area contributed by atoms with Gasteiger partial charge in [0.15, 0.2) is 11.6 Å². The lowest BCUT2D eigenvalue weighted by molar-refractivity contribution is 0.556. The topological polar surface area (TPSA) is 85.9 Å². The average molecular weight is 1030 g/mol. The molecule has 5 heterocycles. The monoisotopic (exact) mass is 1030 g/mol. The number of rotatable bonds is 6. The van der Waals surface area contributed by atoms with Gasteiger partial charge in [-0.05, 0) is 112 Å².